The predicted molar refractivity (Wildman–Crippen MR) is 103 cm³/mol. The van der Waals surface area contributed by atoms with Gasteiger partial charge in [-0.3, -0.25) is 9.59 Å². The Balaban J connectivity index is 1.91. The number of carbonyl (C=O) groups is 2. The van der Waals surface area contributed by atoms with Gasteiger partial charge in [-0.05, 0) is 37.1 Å². The number of nitrogens with zero attached hydrogens (tertiary/aromatic N) is 2. The number of pyridine rings is 1. The Hall–Kier alpha value is -3.47. The maximum absolute atomic E-state index is 13.2. The topological polar surface area (TPSA) is 59.5 Å². The number of benzene rings is 2. The number of hydrogen-bond acceptors (Lipinski definition) is 4. The molecule has 1 aromatic heterocycles. The van der Waals surface area contributed by atoms with Crippen molar-refractivity contribution in [2.45, 2.75) is 13.8 Å². The zero-order valence-electron chi connectivity index (χ0n) is 15.3. The second-order valence-corrected chi connectivity index (χ2v) is 6.52. The minimum Gasteiger partial charge on any atom is -0.481 e. The molecule has 0 spiro atoms. The number of methoxy groups -OCH3 is 1. The summed E-state index contributed by atoms with van der Waals surface area (Å²) in [6.07, 6.45) is 0. The van der Waals surface area contributed by atoms with Crippen LogP contribution in [-0.2, 0) is 0 Å². The van der Waals surface area contributed by atoms with Crippen molar-refractivity contribution in [2.24, 2.45) is 0 Å². The number of ether oxygens (including phenoxy) is 1. The molecule has 0 aliphatic carbocycles. The summed E-state index contributed by atoms with van der Waals surface area (Å²) in [7, 11) is 1.49. The number of hydrogen-bond donors (Lipinski definition) is 0. The van der Waals surface area contributed by atoms with E-state index in [0.29, 0.717) is 28.4 Å². The number of aromatic nitrogens is 1. The van der Waals surface area contributed by atoms with Gasteiger partial charge in [0, 0.05) is 11.6 Å². The summed E-state index contributed by atoms with van der Waals surface area (Å²) in [6.45, 7) is 3.95. The zero-order chi connectivity index (χ0) is 19.1. The summed E-state index contributed by atoms with van der Waals surface area (Å²) in [5.41, 5.74) is 4.51. The Morgan fingerprint density at radius 2 is 1.63 bits per heavy atom. The summed E-state index contributed by atoms with van der Waals surface area (Å²) in [5, 5.41) is 0. The molecule has 3 aromatic rings. The smallest absolute Gasteiger partial charge is 0.268 e. The lowest BCUT2D eigenvalue weighted by Gasteiger charge is -2.15. The van der Waals surface area contributed by atoms with E-state index in [0.717, 1.165) is 16.7 Å². The van der Waals surface area contributed by atoms with Crippen LogP contribution in [0.15, 0.2) is 54.6 Å². The number of aryl methyl sites for hydroxylation is 2. The molecule has 5 heteroatoms. The molecule has 0 fully saturated rings. The number of amides is 2. The Morgan fingerprint density at radius 1 is 0.889 bits per heavy atom. The Labute approximate surface area is 157 Å². The van der Waals surface area contributed by atoms with Crippen molar-refractivity contribution in [3.63, 3.8) is 0 Å². The molecule has 2 heterocycles. The first kappa shape index (κ1) is 17.0. The van der Waals surface area contributed by atoms with Gasteiger partial charge in [-0.25, -0.2) is 9.88 Å². The number of carbonyl (C=O) groups excluding carboxylic acids is 2. The lowest BCUT2D eigenvalue weighted by atomic mass is 10.0. The van der Waals surface area contributed by atoms with Crippen molar-refractivity contribution < 1.29 is 14.3 Å². The molecule has 2 amide bonds. The summed E-state index contributed by atoms with van der Waals surface area (Å²) in [5.74, 6) is -0.431. The van der Waals surface area contributed by atoms with Crippen molar-refractivity contribution in [2.75, 3.05) is 12.0 Å². The third-order valence-electron chi connectivity index (χ3n) is 4.85. The molecule has 27 heavy (non-hydrogen) atoms. The Kier molecular flexibility index (Phi) is 4.00. The fourth-order valence-electron chi connectivity index (χ4n) is 3.24. The van der Waals surface area contributed by atoms with E-state index in [9.17, 15) is 9.59 Å². The first-order valence-electron chi connectivity index (χ1n) is 8.61. The van der Waals surface area contributed by atoms with E-state index in [2.05, 4.69) is 4.98 Å². The molecular formula is C22H18N2O3. The van der Waals surface area contributed by atoms with Crippen molar-refractivity contribution in [3.8, 4) is 17.1 Å². The summed E-state index contributed by atoms with van der Waals surface area (Å²) in [6, 6.07) is 16.4. The van der Waals surface area contributed by atoms with E-state index in [1.165, 1.54) is 18.1 Å². The quantitative estimate of drug-likeness (QED) is 0.659. The number of imide groups is 1. The third-order valence-corrected chi connectivity index (χ3v) is 4.85. The van der Waals surface area contributed by atoms with E-state index >= 15 is 0 Å². The highest BCUT2D eigenvalue weighted by atomic mass is 16.5. The highest BCUT2D eigenvalue weighted by Crippen LogP contribution is 2.36. The molecule has 4 rings (SSSR count). The fourth-order valence-corrected chi connectivity index (χ4v) is 3.24. The average Bonchev–Trinajstić information content (AvgIpc) is 2.94. The molecule has 5 nitrogen and oxygen atoms in total. The van der Waals surface area contributed by atoms with Crippen molar-refractivity contribution in [1.82, 2.24) is 4.98 Å². The van der Waals surface area contributed by atoms with Gasteiger partial charge in [0.2, 0.25) is 5.88 Å². The molecular weight excluding hydrogens is 340 g/mol. The first-order valence-corrected chi connectivity index (χ1v) is 8.61. The summed E-state index contributed by atoms with van der Waals surface area (Å²) < 4.78 is 5.27. The minimum atomic E-state index is -0.368. The van der Waals surface area contributed by atoms with Crippen LogP contribution in [0.2, 0.25) is 0 Å². The van der Waals surface area contributed by atoms with Crippen molar-refractivity contribution in [3.05, 3.63) is 76.9 Å². The van der Waals surface area contributed by atoms with Crippen LogP contribution in [0.25, 0.3) is 11.3 Å². The van der Waals surface area contributed by atoms with Crippen LogP contribution in [-0.4, -0.2) is 23.9 Å². The van der Waals surface area contributed by atoms with Gasteiger partial charge in [-0.2, -0.15) is 0 Å². The second-order valence-electron chi connectivity index (χ2n) is 6.52. The van der Waals surface area contributed by atoms with E-state index in [1.807, 2.05) is 56.3 Å². The first-order chi connectivity index (χ1) is 13.0. The SMILES string of the molecule is COc1cc2c(c(-c3ccccc3)n1)C(=O)N(c1ccc(C)c(C)c1)C2=O. The van der Waals surface area contributed by atoms with Gasteiger partial charge in [-0.1, -0.05) is 36.4 Å². The number of anilines is 1. The molecule has 134 valence electrons. The largest absolute Gasteiger partial charge is 0.481 e. The van der Waals surface area contributed by atoms with Crippen LogP contribution in [0.4, 0.5) is 5.69 Å². The molecule has 0 unspecified atom stereocenters. The average molecular weight is 358 g/mol. The van der Waals surface area contributed by atoms with Crippen LogP contribution < -0.4 is 9.64 Å². The lowest BCUT2D eigenvalue weighted by molar-refractivity contribution is 0.0926. The summed E-state index contributed by atoms with van der Waals surface area (Å²) in [4.78, 5) is 32.0. The molecule has 1 aliphatic heterocycles. The Morgan fingerprint density at radius 3 is 2.30 bits per heavy atom. The molecule has 0 N–H and O–H groups in total. The van der Waals surface area contributed by atoms with Crippen LogP contribution in [0, 0.1) is 13.8 Å². The predicted octanol–water partition coefficient (Wildman–Crippen LogP) is 4.17. The van der Waals surface area contributed by atoms with Gasteiger partial charge >= 0.3 is 0 Å². The maximum atomic E-state index is 13.2. The Bertz CT molecular complexity index is 1070. The standard InChI is InChI=1S/C22H18N2O3/c1-13-9-10-16(11-14(13)2)24-21(25)17-12-18(27-3)23-20(19(17)22(24)26)15-7-5-4-6-8-15/h4-12H,1-3H3. The van der Waals surface area contributed by atoms with Gasteiger partial charge in [0.25, 0.3) is 11.8 Å². The molecule has 0 saturated heterocycles. The van der Waals surface area contributed by atoms with E-state index in [-0.39, 0.29) is 11.8 Å². The van der Waals surface area contributed by atoms with Crippen LogP contribution in [0.3, 0.4) is 0 Å². The highest BCUT2D eigenvalue weighted by molar-refractivity contribution is 6.36. The van der Waals surface area contributed by atoms with Crippen LogP contribution >= 0.6 is 0 Å². The third kappa shape index (κ3) is 2.68. The van der Waals surface area contributed by atoms with E-state index in [4.69, 9.17) is 4.74 Å². The van der Waals surface area contributed by atoms with E-state index < -0.39 is 0 Å². The van der Waals surface area contributed by atoms with Gasteiger partial charge in [0.05, 0.1) is 29.6 Å². The van der Waals surface area contributed by atoms with Crippen molar-refractivity contribution in [1.29, 1.82) is 0 Å². The minimum absolute atomic E-state index is 0.302. The van der Waals surface area contributed by atoms with Crippen LogP contribution in [0.1, 0.15) is 31.8 Å². The molecule has 0 radical (unpaired) electrons. The zero-order valence-corrected chi connectivity index (χ0v) is 15.3. The highest BCUT2D eigenvalue weighted by Gasteiger charge is 2.40. The molecule has 0 atom stereocenters. The molecule has 0 bridgehead atoms. The van der Waals surface area contributed by atoms with Gasteiger partial charge in [0.15, 0.2) is 0 Å². The number of rotatable bonds is 3. The molecule has 0 saturated carbocycles. The molecule has 2 aromatic carbocycles. The maximum Gasteiger partial charge on any atom is 0.268 e. The van der Waals surface area contributed by atoms with Gasteiger partial charge in [-0.15, -0.1) is 0 Å². The number of fused-ring (bicyclic) bond motifs is 1. The second kappa shape index (κ2) is 6.36. The normalized spacial score (nSPS) is 13.1. The van der Waals surface area contributed by atoms with Gasteiger partial charge < -0.3 is 4.74 Å². The lowest BCUT2D eigenvalue weighted by Crippen LogP contribution is -2.29. The monoisotopic (exact) mass is 358 g/mol. The molecule has 1 aliphatic rings. The van der Waals surface area contributed by atoms with Crippen LogP contribution in [0.5, 0.6) is 5.88 Å². The van der Waals surface area contributed by atoms with E-state index in [1.54, 1.807) is 6.07 Å². The fraction of sp³-hybridized carbons (Fsp3) is 0.136. The van der Waals surface area contributed by atoms with Gasteiger partial charge in [0.1, 0.15) is 0 Å². The van der Waals surface area contributed by atoms with Crippen molar-refractivity contribution >= 4 is 17.5 Å². The summed E-state index contributed by atoms with van der Waals surface area (Å²) >= 11 is 0.